The molecule has 0 heterocycles. The largest absolute Gasteiger partial charge is 0.454 e. The normalized spacial score (nSPS) is 11.0. The first-order chi connectivity index (χ1) is 11.3. The fourth-order valence-electron chi connectivity index (χ4n) is 1.88. The highest BCUT2D eigenvalue weighted by molar-refractivity contribution is 7.92. The Balaban J connectivity index is 2.67. The molecule has 0 aliphatic heterocycles. The first-order valence-corrected chi connectivity index (χ1v) is 9.05. The number of benzene rings is 1. The molecule has 1 aromatic carbocycles. The molecule has 0 aromatic heterocycles. The lowest BCUT2D eigenvalue weighted by atomic mass is 10.2. The van der Waals surface area contributed by atoms with Gasteiger partial charge in [-0.15, -0.1) is 0 Å². The monoisotopic (exact) mass is 358 g/mol. The Hall–Kier alpha value is -2.13. The molecule has 1 amide bonds. The SMILES string of the molecule is COCCNC(=O)COC(=O)CN(c1ccccc1C)S(C)(=O)=O. The third-order valence-electron chi connectivity index (χ3n) is 3.05. The summed E-state index contributed by atoms with van der Waals surface area (Å²) in [6.45, 7) is 1.39. The van der Waals surface area contributed by atoms with Crippen molar-refractivity contribution in [3.05, 3.63) is 29.8 Å². The lowest BCUT2D eigenvalue weighted by molar-refractivity contribution is -0.147. The molecule has 0 bridgehead atoms. The predicted molar refractivity (Wildman–Crippen MR) is 89.2 cm³/mol. The lowest BCUT2D eigenvalue weighted by Crippen LogP contribution is -2.38. The second kappa shape index (κ2) is 9.24. The summed E-state index contributed by atoms with van der Waals surface area (Å²) in [6.07, 6.45) is 1.00. The second-order valence-corrected chi connectivity index (χ2v) is 6.97. The Morgan fingerprint density at radius 2 is 1.92 bits per heavy atom. The molecule has 1 aromatic rings. The molecule has 0 aliphatic carbocycles. The van der Waals surface area contributed by atoms with E-state index >= 15 is 0 Å². The number of methoxy groups -OCH3 is 1. The van der Waals surface area contributed by atoms with Gasteiger partial charge >= 0.3 is 5.97 Å². The van der Waals surface area contributed by atoms with E-state index in [0.717, 1.165) is 10.6 Å². The smallest absolute Gasteiger partial charge is 0.327 e. The molecular weight excluding hydrogens is 336 g/mol. The number of rotatable bonds is 9. The van der Waals surface area contributed by atoms with E-state index in [1.54, 1.807) is 31.2 Å². The first kappa shape index (κ1) is 19.9. The zero-order valence-corrected chi connectivity index (χ0v) is 14.8. The zero-order chi connectivity index (χ0) is 18.2. The van der Waals surface area contributed by atoms with Crippen LogP contribution in [-0.4, -0.2) is 60.0 Å². The summed E-state index contributed by atoms with van der Waals surface area (Å²) in [4.78, 5) is 23.3. The molecule has 0 saturated heterocycles. The number of nitrogens with one attached hydrogen (secondary N) is 1. The number of esters is 1. The fourth-order valence-corrected chi connectivity index (χ4v) is 2.78. The topological polar surface area (TPSA) is 102 Å². The number of carbonyl (C=O) groups excluding carboxylic acids is 2. The number of amides is 1. The second-order valence-electron chi connectivity index (χ2n) is 5.06. The molecule has 134 valence electrons. The van der Waals surface area contributed by atoms with Crippen LogP contribution in [0.5, 0.6) is 0 Å². The average Bonchev–Trinajstić information content (AvgIpc) is 2.51. The van der Waals surface area contributed by atoms with Crippen LogP contribution in [0, 0.1) is 6.92 Å². The van der Waals surface area contributed by atoms with E-state index in [0.29, 0.717) is 24.4 Å². The van der Waals surface area contributed by atoms with Crippen molar-refractivity contribution in [1.29, 1.82) is 0 Å². The van der Waals surface area contributed by atoms with Crippen LogP contribution in [0.2, 0.25) is 0 Å². The van der Waals surface area contributed by atoms with Gasteiger partial charge < -0.3 is 14.8 Å². The number of carbonyl (C=O) groups is 2. The quantitative estimate of drug-likeness (QED) is 0.495. The van der Waals surface area contributed by atoms with Gasteiger partial charge in [0.25, 0.3) is 5.91 Å². The molecule has 24 heavy (non-hydrogen) atoms. The van der Waals surface area contributed by atoms with Gasteiger partial charge in [0.1, 0.15) is 6.54 Å². The summed E-state index contributed by atoms with van der Waals surface area (Å²) in [5.74, 6) is -1.30. The third-order valence-corrected chi connectivity index (χ3v) is 4.18. The molecule has 0 unspecified atom stereocenters. The molecule has 1 N–H and O–H groups in total. The van der Waals surface area contributed by atoms with Crippen LogP contribution < -0.4 is 9.62 Å². The van der Waals surface area contributed by atoms with E-state index in [-0.39, 0.29) is 0 Å². The minimum atomic E-state index is -3.68. The summed E-state index contributed by atoms with van der Waals surface area (Å²) in [5.41, 5.74) is 1.09. The van der Waals surface area contributed by atoms with Gasteiger partial charge in [-0.3, -0.25) is 13.9 Å². The minimum Gasteiger partial charge on any atom is -0.454 e. The number of para-hydroxylation sites is 1. The summed E-state index contributed by atoms with van der Waals surface area (Å²) >= 11 is 0. The van der Waals surface area contributed by atoms with Crippen LogP contribution in [0.15, 0.2) is 24.3 Å². The third kappa shape index (κ3) is 6.55. The van der Waals surface area contributed by atoms with E-state index in [1.807, 2.05) is 0 Å². The highest BCUT2D eigenvalue weighted by Gasteiger charge is 2.23. The van der Waals surface area contributed by atoms with Crippen LogP contribution in [0.25, 0.3) is 0 Å². The first-order valence-electron chi connectivity index (χ1n) is 7.20. The molecule has 0 saturated carbocycles. The molecular formula is C15H22N2O6S. The van der Waals surface area contributed by atoms with Gasteiger partial charge in [0.15, 0.2) is 6.61 Å². The number of aryl methyl sites for hydroxylation is 1. The van der Waals surface area contributed by atoms with Crippen molar-refractivity contribution in [2.24, 2.45) is 0 Å². The van der Waals surface area contributed by atoms with Gasteiger partial charge in [0.2, 0.25) is 10.0 Å². The van der Waals surface area contributed by atoms with E-state index < -0.39 is 35.1 Å². The van der Waals surface area contributed by atoms with Crippen molar-refractivity contribution >= 4 is 27.6 Å². The minimum absolute atomic E-state index is 0.297. The lowest BCUT2D eigenvalue weighted by Gasteiger charge is -2.23. The van der Waals surface area contributed by atoms with Gasteiger partial charge in [0.05, 0.1) is 18.6 Å². The Morgan fingerprint density at radius 1 is 1.25 bits per heavy atom. The van der Waals surface area contributed by atoms with Crippen LogP contribution in [0.4, 0.5) is 5.69 Å². The highest BCUT2D eigenvalue weighted by atomic mass is 32.2. The maximum Gasteiger partial charge on any atom is 0.327 e. The van der Waals surface area contributed by atoms with Crippen molar-refractivity contribution in [3.8, 4) is 0 Å². The number of hydrogen-bond donors (Lipinski definition) is 1. The maximum atomic E-state index is 12.0. The van der Waals surface area contributed by atoms with E-state index in [4.69, 9.17) is 9.47 Å². The highest BCUT2D eigenvalue weighted by Crippen LogP contribution is 2.21. The Labute approximate surface area is 141 Å². The van der Waals surface area contributed by atoms with Gasteiger partial charge in [-0.25, -0.2) is 8.42 Å². The van der Waals surface area contributed by atoms with Gasteiger partial charge in [-0.2, -0.15) is 0 Å². The van der Waals surface area contributed by atoms with Gasteiger partial charge in [0, 0.05) is 13.7 Å². The molecule has 0 spiro atoms. The van der Waals surface area contributed by atoms with Gasteiger partial charge in [-0.1, -0.05) is 18.2 Å². The van der Waals surface area contributed by atoms with Crippen LogP contribution in [-0.2, 0) is 29.1 Å². The van der Waals surface area contributed by atoms with Crippen molar-refractivity contribution in [2.75, 3.05) is 44.0 Å². The summed E-state index contributed by atoms with van der Waals surface area (Å²) in [6, 6.07) is 6.78. The number of hydrogen-bond acceptors (Lipinski definition) is 6. The fraction of sp³-hybridized carbons (Fsp3) is 0.467. The Bertz CT molecular complexity index is 674. The van der Waals surface area contributed by atoms with Crippen molar-refractivity contribution < 1.29 is 27.5 Å². The van der Waals surface area contributed by atoms with Crippen LogP contribution in [0.3, 0.4) is 0 Å². The molecule has 1 rings (SSSR count). The summed E-state index contributed by atoms with van der Waals surface area (Å²) in [5, 5.41) is 2.49. The predicted octanol–water partition coefficient (Wildman–Crippen LogP) is 0.0668. The molecule has 8 nitrogen and oxygen atoms in total. The van der Waals surface area contributed by atoms with Crippen molar-refractivity contribution in [2.45, 2.75) is 6.92 Å². The molecule has 0 fully saturated rings. The van der Waals surface area contributed by atoms with Crippen molar-refractivity contribution in [1.82, 2.24) is 5.32 Å². The molecule has 0 radical (unpaired) electrons. The van der Waals surface area contributed by atoms with Crippen molar-refractivity contribution in [3.63, 3.8) is 0 Å². The summed E-state index contributed by atoms with van der Waals surface area (Å²) in [7, 11) is -2.18. The van der Waals surface area contributed by atoms with E-state index in [9.17, 15) is 18.0 Å². The molecule has 0 aliphatic rings. The average molecular weight is 358 g/mol. The Morgan fingerprint density at radius 3 is 2.50 bits per heavy atom. The maximum absolute atomic E-state index is 12.0. The number of sulfonamides is 1. The Kier molecular flexibility index (Phi) is 7.66. The molecule has 0 atom stereocenters. The molecule has 9 heteroatoms. The van der Waals surface area contributed by atoms with E-state index in [2.05, 4.69) is 5.32 Å². The summed E-state index contributed by atoms with van der Waals surface area (Å²) < 4.78 is 34.5. The number of ether oxygens (including phenoxy) is 2. The van der Waals surface area contributed by atoms with Crippen LogP contribution >= 0.6 is 0 Å². The number of nitrogens with zero attached hydrogens (tertiary/aromatic N) is 1. The zero-order valence-electron chi connectivity index (χ0n) is 13.9. The van der Waals surface area contributed by atoms with E-state index in [1.165, 1.54) is 7.11 Å². The van der Waals surface area contributed by atoms with Crippen LogP contribution in [0.1, 0.15) is 5.56 Å². The van der Waals surface area contributed by atoms with Gasteiger partial charge in [-0.05, 0) is 18.6 Å². The standard InChI is InChI=1S/C15H22N2O6S/c1-12-6-4-5-7-13(12)17(24(3,20)21)10-15(19)23-11-14(18)16-8-9-22-2/h4-7H,8-11H2,1-3H3,(H,16,18). The number of anilines is 1.